The first-order valence-corrected chi connectivity index (χ1v) is 7.07. The molecule has 0 aliphatic carbocycles. The van der Waals surface area contributed by atoms with E-state index in [9.17, 15) is 4.79 Å². The third-order valence-corrected chi connectivity index (χ3v) is 3.67. The van der Waals surface area contributed by atoms with Crippen molar-refractivity contribution in [2.45, 2.75) is 13.1 Å². The van der Waals surface area contributed by atoms with Crippen LogP contribution in [0.2, 0.25) is 0 Å². The minimum Gasteiger partial charge on any atom is -0.493 e. The van der Waals surface area contributed by atoms with E-state index in [-0.39, 0.29) is 12.1 Å². The van der Waals surface area contributed by atoms with Crippen LogP contribution >= 0.6 is 0 Å². The van der Waals surface area contributed by atoms with Crippen molar-refractivity contribution < 1.29 is 9.53 Å². The van der Waals surface area contributed by atoms with E-state index in [1.165, 1.54) is 0 Å². The van der Waals surface area contributed by atoms with E-state index in [0.29, 0.717) is 12.2 Å². The number of para-hydroxylation sites is 2. The highest BCUT2D eigenvalue weighted by Crippen LogP contribution is 2.35. The Hall–Kier alpha value is -2.49. The predicted molar refractivity (Wildman–Crippen MR) is 82.5 cm³/mol. The van der Waals surface area contributed by atoms with Crippen LogP contribution in [0.3, 0.4) is 0 Å². The largest absolute Gasteiger partial charge is 0.493 e. The molecule has 1 aliphatic heterocycles. The van der Waals surface area contributed by atoms with Crippen LogP contribution in [0.4, 0.5) is 5.69 Å². The molecule has 2 aromatic carbocycles. The zero-order chi connectivity index (χ0) is 14.8. The molecule has 2 aromatic rings. The van der Waals surface area contributed by atoms with Crippen LogP contribution < -0.4 is 10.1 Å². The van der Waals surface area contributed by atoms with Gasteiger partial charge in [-0.05, 0) is 25.1 Å². The first kappa shape index (κ1) is 13.5. The lowest BCUT2D eigenvalue weighted by atomic mass is 10.0. The number of carbonyl (C=O) groups is 1. The Morgan fingerprint density at radius 3 is 2.67 bits per heavy atom. The molecule has 4 nitrogen and oxygen atoms in total. The number of rotatable bonds is 3. The summed E-state index contributed by atoms with van der Waals surface area (Å²) in [5.41, 5.74) is 2.52. The fourth-order valence-corrected chi connectivity index (χ4v) is 2.63. The molecule has 21 heavy (non-hydrogen) atoms. The Kier molecular flexibility index (Phi) is 3.52. The maximum atomic E-state index is 12.5. The summed E-state index contributed by atoms with van der Waals surface area (Å²) in [6.07, 6.45) is -0.227. The lowest BCUT2D eigenvalue weighted by molar-refractivity contribution is 0.0733. The monoisotopic (exact) mass is 282 g/mol. The molecule has 3 rings (SSSR count). The van der Waals surface area contributed by atoms with Gasteiger partial charge in [0.15, 0.2) is 0 Å². The van der Waals surface area contributed by atoms with Crippen molar-refractivity contribution in [2.75, 3.05) is 19.0 Å². The number of hydrogen-bond acceptors (Lipinski definition) is 3. The van der Waals surface area contributed by atoms with Gasteiger partial charge in [0.1, 0.15) is 11.9 Å². The van der Waals surface area contributed by atoms with Crippen molar-refractivity contribution in [3.63, 3.8) is 0 Å². The fourth-order valence-electron chi connectivity index (χ4n) is 2.63. The highest BCUT2D eigenvalue weighted by Gasteiger charge is 2.31. The molecule has 0 aromatic heterocycles. The van der Waals surface area contributed by atoms with E-state index in [1.807, 2.05) is 55.5 Å². The van der Waals surface area contributed by atoms with Gasteiger partial charge in [0.2, 0.25) is 0 Å². The Balaban J connectivity index is 2.03. The van der Waals surface area contributed by atoms with Crippen LogP contribution in [0.25, 0.3) is 0 Å². The summed E-state index contributed by atoms with van der Waals surface area (Å²) in [7, 11) is 1.80. The number of amides is 1. The number of fused-ring (bicyclic) bond motifs is 1. The van der Waals surface area contributed by atoms with E-state index >= 15 is 0 Å². The van der Waals surface area contributed by atoms with Crippen LogP contribution in [0, 0.1) is 0 Å². The topological polar surface area (TPSA) is 41.6 Å². The zero-order valence-corrected chi connectivity index (χ0v) is 12.2. The summed E-state index contributed by atoms with van der Waals surface area (Å²) in [5, 5.41) is 3.42. The van der Waals surface area contributed by atoms with Crippen LogP contribution in [-0.2, 0) is 0 Å². The van der Waals surface area contributed by atoms with Crippen molar-refractivity contribution in [1.82, 2.24) is 4.90 Å². The Bertz CT molecular complexity index is 669. The number of nitrogens with one attached hydrogen (secondary N) is 1. The molecule has 1 amide bonds. The van der Waals surface area contributed by atoms with E-state index < -0.39 is 0 Å². The van der Waals surface area contributed by atoms with Gasteiger partial charge in [0.25, 0.3) is 5.91 Å². The van der Waals surface area contributed by atoms with E-state index in [4.69, 9.17) is 4.74 Å². The fraction of sp³-hybridized carbons (Fsp3) is 0.235. The highest BCUT2D eigenvalue weighted by atomic mass is 16.5. The van der Waals surface area contributed by atoms with Gasteiger partial charge in [-0.25, -0.2) is 0 Å². The maximum absolute atomic E-state index is 12.5. The normalized spacial score (nSPS) is 17.1. The van der Waals surface area contributed by atoms with Crippen LogP contribution in [-0.4, -0.2) is 24.5 Å². The summed E-state index contributed by atoms with van der Waals surface area (Å²) in [4.78, 5) is 14.2. The number of benzene rings is 2. The first-order chi connectivity index (χ1) is 10.2. The number of hydrogen-bond donors (Lipinski definition) is 1. The maximum Gasteiger partial charge on any atom is 0.257 e. The molecule has 1 unspecified atom stereocenters. The minimum atomic E-state index is -0.227. The standard InChI is InChI=1S/C17H18N2O2/c1-3-21-15-11-7-5-9-13(15)16-18-14-10-6-4-8-12(14)17(20)19(16)2/h4-11,16,18H,3H2,1-2H3. The lowest BCUT2D eigenvalue weighted by Crippen LogP contribution is -2.40. The molecular weight excluding hydrogens is 264 g/mol. The molecular formula is C17H18N2O2. The molecule has 108 valence electrons. The molecule has 1 atom stereocenters. The van der Waals surface area contributed by atoms with Crippen LogP contribution in [0.1, 0.15) is 29.0 Å². The Labute approximate surface area is 124 Å². The van der Waals surface area contributed by atoms with Crippen molar-refractivity contribution in [3.8, 4) is 5.75 Å². The van der Waals surface area contributed by atoms with E-state index in [0.717, 1.165) is 17.0 Å². The van der Waals surface area contributed by atoms with Crippen LogP contribution in [0.15, 0.2) is 48.5 Å². The zero-order valence-electron chi connectivity index (χ0n) is 12.2. The third kappa shape index (κ3) is 2.33. The molecule has 0 bridgehead atoms. The third-order valence-electron chi connectivity index (χ3n) is 3.67. The first-order valence-electron chi connectivity index (χ1n) is 7.07. The highest BCUT2D eigenvalue weighted by molar-refractivity contribution is 6.01. The van der Waals surface area contributed by atoms with Crippen molar-refractivity contribution >= 4 is 11.6 Å². The van der Waals surface area contributed by atoms with Gasteiger partial charge in [-0.15, -0.1) is 0 Å². The number of nitrogens with zero attached hydrogens (tertiary/aromatic N) is 1. The molecule has 1 heterocycles. The van der Waals surface area contributed by atoms with Gasteiger partial charge in [0.05, 0.1) is 12.2 Å². The quantitative estimate of drug-likeness (QED) is 0.939. The van der Waals surface area contributed by atoms with Gasteiger partial charge < -0.3 is 15.0 Å². The average molecular weight is 282 g/mol. The summed E-state index contributed by atoms with van der Waals surface area (Å²) in [6.45, 7) is 2.55. The van der Waals surface area contributed by atoms with Gasteiger partial charge in [-0.3, -0.25) is 4.79 Å². The van der Waals surface area contributed by atoms with Gasteiger partial charge in [-0.2, -0.15) is 0 Å². The molecule has 1 aliphatic rings. The number of ether oxygens (including phenoxy) is 1. The predicted octanol–water partition coefficient (Wildman–Crippen LogP) is 3.28. The van der Waals surface area contributed by atoms with Gasteiger partial charge >= 0.3 is 0 Å². The molecule has 0 fully saturated rings. The van der Waals surface area contributed by atoms with E-state index in [2.05, 4.69) is 5.32 Å². The van der Waals surface area contributed by atoms with Crippen molar-refractivity contribution in [1.29, 1.82) is 0 Å². The minimum absolute atomic E-state index is 0.0145. The summed E-state index contributed by atoms with van der Waals surface area (Å²) < 4.78 is 5.68. The molecule has 0 saturated carbocycles. The number of carbonyl (C=O) groups excluding carboxylic acids is 1. The second kappa shape index (κ2) is 5.48. The summed E-state index contributed by atoms with van der Waals surface area (Å²) in [6, 6.07) is 15.4. The smallest absolute Gasteiger partial charge is 0.257 e. The van der Waals surface area contributed by atoms with Gasteiger partial charge in [-0.1, -0.05) is 30.3 Å². The second-order valence-electron chi connectivity index (χ2n) is 4.98. The van der Waals surface area contributed by atoms with Crippen LogP contribution in [0.5, 0.6) is 5.75 Å². The summed E-state index contributed by atoms with van der Waals surface area (Å²) in [5.74, 6) is 0.817. The molecule has 4 heteroatoms. The lowest BCUT2D eigenvalue weighted by Gasteiger charge is -2.36. The van der Waals surface area contributed by atoms with Crippen molar-refractivity contribution in [2.24, 2.45) is 0 Å². The number of anilines is 1. The Morgan fingerprint density at radius 2 is 1.86 bits per heavy atom. The molecule has 0 saturated heterocycles. The van der Waals surface area contributed by atoms with Gasteiger partial charge in [0, 0.05) is 18.3 Å². The summed E-state index contributed by atoms with van der Waals surface area (Å²) >= 11 is 0. The average Bonchev–Trinajstić information content (AvgIpc) is 2.52. The Morgan fingerprint density at radius 1 is 1.14 bits per heavy atom. The molecule has 0 radical (unpaired) electrons. The molecule has 1 N–H and O–H groups in total. The van der Waals surface area contributed by atoms with Crippen molar-refractivity contribution in [3.05, 3.63) is 59.7 Å². The second-order valence-corrected chi connectivity index (χ2v) is 4.98. The molecule has 0 spiro atoms. The SMILES string of the molecule is CCOc1ccccc1C1Nc2ccccc2C(=O)N1C. The van der Waals surface area contributed by atoms with E-state index in [1.54, 1.807) is 11.9 Å².